The van der Waals surface area contributed by atoms with Gasteiger partial charge in [-0.25, -0.2) is 4.79 Å². The number of nitrogen functional groups attached to an aromatic ring is 1. The molecule has 7 rings (SSSR count). The van der Waals surface area contributed by atoms with Crippen molar-refractivity contribution in [3.05, 3.63) is 29.8 Å². The Morgan fingerprint density at radius 3 is 2.54 bits per heavy atom. The number of para-hydroxylation sites is 1. The number of likely N-dealkylation sites (N-methyl/N-ethyl adjacent to an activating group) is 1. The molecule has 9 heteroatoms. The summed E-state index contributed by atoms with van der Waals surface area (Å²) in [6, 6.07) is 7.04. The number of nitrogens with zero attached hydrogens (tertiary/aromatic N) is 1. The van der Waals surface area contributed by atoms with Gasteiger partial charge in [0.25, 0.3) is 0 Å². The van der Waals surface area contributed by atoms with Crippen LogP contribution in [0.5, 0.6) is 0 Å². The average molecular weight is 543 g/mol. The van der Waals surface area contributed by atoms with Crippen LogP contribution in [0.15, 0.2) is 24.3 Å². The molecule has 1 aromatic carbocycles. The van der Waals surface area contributed by atoms with Crippen LogP contribution in [-0.4, -0.2) is 96.7 Å². The zero-order chi connectivity index (χ0) is 27.5. The van der Waals surface area contributed by atoms with E-state index in [2.05, 4.69) is 11.8 Å². The third kappa shape index (κ3) is 2.80. The number of fused-ring (bicyclic) bond motifs is 2. The maximum atomic E-state index is 13.7. The lowest BCUT2D eigenvalue weighted by Crippen LogP contribution is -2.83. The van der Waals surface area contributed by atoms with Gasteiger partial charge in [-0.2, -0.15) is 0 Å². The summed E-state index contributed by atoms with van der Waals surface area (Å²) in [5.41, 5.74) is 2.84. The van der Waals surface area contributed by atoms with Crippen molar-refractivity contribution in [2.24, 2.45) is 29.1 Å². The number of rotatable bonds is 6. The molecule has 5 saturated carbocycles. The molecule has 6 fully saturated rings. The van der Waals surface area contributed by atoms with Gasteiger partial charge in [0.15, 0.2) is 0 Å². The third-order valence-corrected chi connectivity index (χ3v) is 12.4. The molecule has 12 atom stereocenters. The molecule has 0 aromatic heterocycles. The number of nitrogens with two attached hydrogens (primary N) is 1. The monoisotopic (exact) mass is 542 g/mol. The molecule has 1 unspecified atom stereocenters. The topological polar surface area (TPSA) is 124 Å². The van der Waals surface area contributed by atoms with Gasteiger partial charge in [-0.15, -0.1) is 0 Å². The summed E-state index contributed by atoms with van der Waals surface area (Å²) >= 11 is 0. The van der Waals surface area contributed by atoms with Crippen molar-refractivity contribution in [3.63, 3.8) is 0 Å². The van der Waals surface area contributed by atoms with Crippen molar-refractivity contribution in [1.82, 2.24) is 4.90 Å². The van der Waals surface area contributed by atoms with Crippen LogP contribution in [0.4, 0.5) is 5.69 Å². The standard InChI is InChI=1S/C30H42N2O7/c1-5-32-15-27(39-26(33)16-8-6-7-9-19(16)31)11-10-23(37-3)29-21(27)13-18(24(29)32)28(34)14-20(36-2)17-12-22(29)30(28,35)25(17)38-4/h6-9,17-18,20-25,34-35H,5,10-15,31H2,1-4H3/t17-,18-,20+,21-,22+,23+,24?,25-,27-,28+,29+,30+/m1/s1. The van der Waals surface area contributed by atoms with E-state index in [4.69, 9.17) is 24.7 Å². The zero-order valence-corrected chi connectivity index (χ0v) is 23.3. The van der Waals surface area contributed by atoms with E-state index < -0.39 is 34.3 Å². The van der Waals surface area contributed by atoms with Crippen molar-refractivity contribution in [3.8, 4) is 0 Å². The van der Waals surface area contributed by atoms with Crippen molar-refractivity contribution >= 4 is 11.7 Å². The summed E-state index contributed by atoms with van der Waals surface area (Å²) in [4.78, 5) is 16.1. The molecule has 1 aromatic rings. The Kier molecular flexibility index (Phi) is 5.63. The smallest absolute Gasteiger partial charge is 0.340 e. The molecule has 214 valence electrons. The summed E-state index contributed by atoms with van der Waals surface area (Å²) in [7, 11) is 5.09. The molecule has 0 amide bonds. The van der Waals surface area contributed by atoms with Gasteiger partial charge in [0, 0.05) is 75.1 Å². The van der Waals surface area contributed by atoms with Crippen LogP contribution in [0.1, 0.15) is 49.4 Å². The van der Waals surface area contributed by atoms with E-state index >= 15 is 0 Å². The minimum absolute atomic E-state index is 0.00601. The molecule has 0 radical (unpaired) electrons. The molecule has 4 N–H and O–H groups in total. The van der Waals surface area contributed by atoms with Crippen molar-refractivity contribution < 1.29 is 34.0 Å². The lowest BCUT2D eigenvalue weighted by Gasteiger charge is -2.70. The molecular weight excluding hydrogens is 500 g/mol. The first-order valence-corrected chi connectivity index (χ1v) is 14.5. The number of hydrogen-bond donors (Lipinski definition) is 3. The molecule has 7 bridgehead atoms. The number of esters is 1. The number of likely N-dealkylation sites (tertiary alicyclic amines) is 1. The van der Waals surface area contributed by atoms with E-state index in [1.807, 2.05) is 6.07 Å². The molecule has 39 heavy (non-hydrogen) atoms. The van der Waals surface area contributed by atoms with Gasteiger partial charge >= 0.3 is 5.97 Å². The number of piperidine rings is 1. The number of methoxy groups -OCH3 is 3. The van der Waals surface area contributed by atoms with E-state index in [-0.39, 0.29) is 41.9 Å². The lowest BCUT2D eigenvalue weighted by atomic mass is 9.44. The Labute approximate surface area is 229 Å². The van der Waals surface area contributed by atoms with Gasteiger partial charge < -0.3 is 34.9 Å². The van der Waals surface area contributed by atoms with E-state index in [1.54, 1.807) is 39.5 Å². The van der Waals surface area contributed by atoms with Crippen LogP contribution in [0.25, 0.3) is 0 Å². The molecule has 1 saturated heterocycles. The maximum absolute atomic E-state index is 13.7. The van der Waals surface area contributed by atoms with Crippen LogP contribution in [-0.2, 0) is 18.9 Å². The Morgan fingerprint density at radius 2 is 1.87 bits per heavy atom. The molecule has 6 aliphatic rings. The maximum Gasteiger partial charge on any atom is 0.340 e. The fourth-order valence-corrected chi connectivity index (χ4v) is 11.3. The number of aliphatic hydroxyl groups is 2. The van der Waals surface area contributed by atoms with Crippen molar-refractivity contribution in [2.75, 3.05) is 40.2 Å². The minimum Gasteiger partial charge on any atom is -0.454 e. The van der Waals surface area contributed by atoms with E-state index in [9.17, 15) is 15.0 Å². The van der Waals surface area contributed by atoms with Crippen LogP contribution < -0.4 is 5.73 Å². The van der Waals surface area contributed by atoms with Crippen LogP contribution >= 0.6 is 0 Å². The second-order valence-corrected chi connectivity index (χ2v) is 13.0. The third-order valence-electron chi connectivity index (χ3n) is 12.4. The van der Waals surface area contributed by atoms with E-state index in [1.165, 1.54) is 0 Å². The van der Waals surface area contributed by atoms with Gasteiger partial charge in [0.05, 0.1) is 23.9 Å². The van der Waals surface area contributed by atoms with Crippen molar-refractivity contribution in [1.29, 1.82) is 0 Å². The average Bonchev–Trinajstić information content (AvgIpc) is 3.35. The molecule has 1 spiro atoms. The number of benzene rings is 1. The first kappa shape index (κ1) is 26.2. The highest BCUT2D eigenvalue weighted by Crippen LogP contribution is 2.79. The van der Waals surface area contributed by atoms with Gasteiger partial charge in [0.1, 0.15) is 16.8 Å². The number of anilines is 1. The number of ether oxygens (including phenoxy) is 4. The van der Waals surface area contributed by atoms with Gasteiger partial charge in [-0.1, -0.05) is 19.1 Å². The fourth-order valence-electron chi connectivity index (χ4n) is 11.3. The first-order valence-electron chi connectivity index (χ1n) is 14.5. The molecule has 1 heterocycles. The Morgan fingerprint density at radius 1 is 1.10 bits per heavy atom. The second kappa shape index (κ2) is 8.39. The number of carbonyl (C=O) groups excluding carboxylic acids is 1. The quantitative estimate of drug-likeness (QED) is 0.365. The predicted molar refractivity (Wildman–Crippen MR) is 142 cm³/mol. The number of hydrogen-bond acceptors (Lipinski definition) is 9. The Balaban J connectivity index is 1.42. The van der Waals surface area contributed by atoms with Gasteiger partial charge in [0.2, 0.25) is 0 Å². The second-order valence-electron chi connectivity index (χ2n) is 13.0. The summed E-state index contributed by atoms with van der Waals surface area (Å²) in [5.74, 6) is -1.06. The Bertz CT molecular complexity index is 1180. The van der Waals surface area contributed by atoms with Crippen molar-refractivity contribution in [2.45, 2.75) is 80.2 Å². The fraction of sp³-hybridized carbons (Fsp3) is 0.767. The summed E-state index contributed by atoms with van der Waals surface area (Å²) in [6.45, 7) is 3.47. The lowest BCUT2D eigenvalue weighted by molar-refractivity contribution is -0.337. The Hall–Kier alpha value is -1.75. The highest BCUT2D eigenvalue weighted by Gasteiger charge is 2.89. The van der Waals surface area contributed by atoms with Crippen LogP contribution in [0.2, 0.25) is 0 Å². The minimum atomic E-state index is -1.44. The predicted octanol–water partition coefficient (Wildman–Crippen LogP) is 1.85. The zero-order valence-electron chi connectivity index (χ0n) is 23.3. The molecule has 9 nitrogen and oxygen atoms in total. The first-order chi connectivity index (χ1) is 18.7. The molecule has 5 aliphatic carbocycles. The normalized spacial score (nSPS) is 51.1. The van der Waals surface area contributed by atoms with Crippen LogP contribution in [0.3, 0.4) is 0 Å². The molecule has 1 aliphatic heterocycles. The van der Waals surface area contributed by atoms with Crippen LogP contribution in [0, 0.1) is 29.1 Å². The number of carbonyl (C=O) groups is 1. The SMILES string of the molecule is CCN1C[C@]2(OC(=O)c3ccccc3N)CC[C@H](OC)[C@]34C1[C@@H](C[C@H]23)[C@@]1(O)C[C@H](OC)[C@H]2C[C@@H]4[C@]1(O)[C@@H]2OC. The highest BCUT2D eigenvalue weighted by atomic mass is 16.6. The largest absolute Gasteiger partial charge is 0.454 e. The van der Waals surface area contributed by atoms with Gasteiger partial charge in [-0.3, -0.25) is 4.90 Å². The molecular formula is C30H42N2O7. The summed E-state index contributed by atoms with van der Waals surface area (Å²) in [6.07, 6.45) is 2.17. The van der Waals surface area contributed by atoms with E-state index in [0.29, 0.717) is 49.9 Å². The van der Waals surface area contributed by atoms with Gasteiger partial charge in [-0.05, 0) is 44.4 Å². The van der Waals surface area contributed by atoms with E-state index in [0.717, 1.165) is 6.54 Å². The summed E-state index contributed by atoms with van der Waals surface area (Å²) in [5, 5.41) is 25.6. The highest BCUT2D eigenvalue weighted by molar-refractivity contribution is 5.95. The summed E-state index contributed by atoms with van der Waals surface area (Å²) < 4.78 is 24.9.